The Morgan fingerprint density at radius 2 is 2.21 bits per heavy atom. The molecule has 0 heterocycles. The molecule has 1 aromatic rings. The van der Waals surface area contributed by atoms with Crippen LogP contribution in [0.1, 0.15) is 25.0 Å². The number of para-hydroxylation sites is 1. The number of nitrogens with zero attached hydrogens (tertiary/aromatic N) is 2. The van der Waals surface area contributed by atoms with E-state index in [1.807, 2.05) is 30.0 Å². The maximum atomic E-state index is 11.0. The first-order chi connectivity index (χ1) is 9.01. The van der Waals surface area contributed by atoms with Crippen LogP contribution in [-0.4, -0.2) is 24.2 Å². The van der Waals surface area contributed by atoms with E-state index in [0.29, 0.717) is 6.54 Å². The largest absolute Gasteiger partial charge is 0.481 e. The Bertz CT molecular complexity index is 491. The van der Waals surface area contributed by atoms with E-state index in [1.54, 1.807) is 6.92 Å². The SMILES string of the molecule is CCc1cccc(C)c1N(CC#N)CC(C)C(=O)O. The van der Waals surface area contributed by atoms with Gasteiger partial charge in [-0.05, 0) is 24.5 Å². The zero-order valence-electron chi connectivity index (χ0n) is 11.7. The van der Waals surface area contributed by atoms with Crippen LogP contribution >= 0.6 is 0 Å². The second kappa shape index (κ2) is 6.79. The van der Waals surface area contributed by atoms with Crippen molar-refractivity contribution in [2.45, 2.75) is 27.2 Å². The number of carbonyl (C=O) groups is 1. The predicted molar refractivity (Wildman–Crippen MR) is 75.2 cm³/mol. The Hall–Kier alpha value is -2.02. The lowest BCUT2D eigenvalue weighted by molar-refractivity contribution is -0.140. The highest BCUT2D eigenvalue weighted by molar-refractivity contribution is 5.71. The Morgan fingerprint density at radius 1 is 1.53 bits per heavy atom. The van der Waals surface area contributed by atoms with Crippen molar-refractivity contribution in [1.29, 1.82) is 5.26 Å². The molecule has 0 aliphatic rings. The molecule has 0 aliphatic carbocycles. The molecular formula is C15H20N2O2. The molecule has 19 heavy (non-hydrogen) atoms. The molecule has 0 aliphatic heterocycles. The number of nitriles is 1. The normalized spacial score (nSPS) is 11.7. The fraction of sp³-hybridized carbons (Fsp3) is 0.467. The Morgan fingerprint density at radius 3 is 2.74 bits per heavy atom. The van der Waals surface area contributed by atoms with Crippen LogP contribution < -0.4 is 4.90 Å². The molecule has 102 valence electrons. The molecule has 0 saturated carbocycles. The van der Waals surface area contributed by atoms with E-state index in [0.717, 1.165) is 23.2 Å². The van der Waals surface area contributed by atoms with Gasteiger partial charge in [0, 0.05) is 12.2 Å². The van der Waals surface area contributed by atoms with Crippen LogP contribution in [0, 0.1) is 24.2 Å². The smallest absolute Gasteiger partial charge is 0.308 e. The number of hydrogen-bond donors (Lipinski definition) is 1. The van der Waals surface area contributed by atoms with E-state index in [2.05, 4.69) is 13.0 Å². The summed E-state index contributed by atoms with van der Waals surface area (Å²) in [6, 6.07) is 8.13. The minimum atomic E-state index is -0.838. The highest BCUT2D eigenvalue weighted by Gasteiger charge is 2.19. The molecule has 1 atom stereocenters. The van der Waals surface area contributed by atoms with Crippen molar-refractivity contribution in [3.8, 4) is 6.07 Å². The number of carboxylic acid groups (broad SMARTS) is 1. The van der Waals surface area contributed by atoms with Gasteiger partial charge >= 0.3 is 5.97 Å². The molecule has 0 bridgehead atoms. The zero-order valence-corrected chi connectivity index (χ0v) is 11.7. The lowest BCUT2D eigenvalue weighted by Crippen LogP contribution is -2.33. The fourth-order valence-corrected chi connectivity index (χ4v) is 2.19. The molecule has 1 unspecified atom stereocenters. The second-order valence-electron chi connectivity index (χ2n) is 4.71. The van der Waals surface area contributed by atoms with Gasteiger partial charge in [-0.3, -0.25) is 4.79 Å². The summed E-state index contributed by atoms with van der Waals surface area (Å²) in [7, 11) is 0. The summed E-state index contributed by atoms with van der Waals surface area (Å²) >= 11 is 0. The van der Waals surface area contributed by atoms with Gasteiger partial charge < -0.3 is 10.0 Å². The summed E-state index contributed by atoms with van der Waals surface area (Å²) in [5, 5.41) is 18.0. The van der Waals surface area contributed by atoms with Crippen LogP contribution in [0.5, 0.6) is 0 Å². The monoisotopic (exact) mass is 260 g/mol. The van der Waals surface area contributed by atoms with Crippen molar-refractivity contribution in [3.63, 3.8) is 0 Å². The van der Waals surface area contributed by atoms with Crippen molar-refractivity contribution < 1.29 is 9.90 Å². The van der Waals surface area contributed by atoms with Crippen LogP contribution in [0.15, 0.2) is 18.2 Å². The van der Waals surface area contributed by atoms with E-state index in [-0.39, 0.29) is 6.54 Å². The molecule has 1 aromatic carbocycles. The van der Waals surface area contributed by atoms with Gasteiger partial charge in [0.2, 0.25) is 0 Å². The van der Waals surface area contributed by atoms with Crippen molar-refractivity contribution >= 4 is 11.7 Å². The maximum Gasteiger partial charge on any atom is 0.308 e. The Kier molecular flexibility index (Phi) is 5.37. The maximum absolute atomic E-state index is 11.0. The topological polar surface area (TPSA) is 64.3 Å². The van der Waals surface area contributed by atoms with Gasteiger partial charge in [-0.15, -0.1) is 0 Å². The summed E-state index contributed by atoms with van der Waals surface area (Å²) in [4.78, 5) is 12.9. The highest BCUT2D eigenvalue weighted by Crippen LogP contribution is 2.26. The van der Waals surface area contributed by atoms with Gasteiger partial charge in [0.15, 0.2) is 0 Å². The van der Waals surface area contributed by atoms with E-state index in [9.17, 15) is 4.79 Å². The first-order valence-electron chi connectivity index (χ1n) is 6.44. The first kappa shape index (κ1) is 15.0. The first-order valence-corrected chi connectivity index (χ1v) is 6.44. The fourth-order valence-electron chi connectivity index (χ4n) is 2.19. The molecule has 1 N–H and O–H groups in total. The third-order valence-corrected chi connectivity index (χ3v) is 3.20. The van der Waals surface area contributed by atoms with Crippen LogP contribution in [0.2, 0.25) is 0 Å². The third kappa shape index (κ3) is 3.72. The van der Waals surface area contributed by atoms with E-state index < -0.39 is 11.9 Å². The Labute approximate surface area is 114 Å². The average Bonchev–Trinajstić information content (AvgIpc) is 2.37. The van der Waals surface area contributed by atoms with Gasteiger partial charge in [-0.2, -0.15) is 5.26 Å². The van der Waals surface area contributed by atoms with E-state index in [1.165, 1.54) is 0 Å². The summed E-state index contributed by atoms with van der Waals surface area (Å²) in [6.45, 7) is 6.26. The van der Waals surface area contributed by atoms with Crippen molar-refractivity contribution in [2.75, 3.05) is 18.0 Å². The molecular weight excluding hydrogens is 240 g/mol. The average molecular weight is 260 g/mol. The molecule has 4 nitrogen and oxygen atoms in total. The van der Waals surface area contributed by atoms with Crippen LogP contribution in [0.3, 0.4) is 0 Å². The molecule has 0 aromatic heterocycles. The number of aliphatic carboxylic acids is 1. The number of anilines is 1. The molecule has 4 heteroatoms. The molecule has 0 spiro atoms. The van der Waals surface area contributed by atoms with Gasteiger partial charge in [0.05, 0.1) is 12.0 Å². The van der Waals surface area contributed by atoms with E-state index >= 15 is 0 Å². The quantitative estimate of drug-likeness (QED) is 0.798. The summed E-state index contributed by atoms with van der Waals surface area (Å²) in [5.74, 6) is -1.34. The number of rotatable bonds is 6. The Balaban J connectivity index is 3.12. The number of carboxylic acids is 1. The number of hydrogen-bond acceptors (Lipinski definition) is 3. The lowest BCUT2D eigenvalue weighted by atomic mass is 10.0. The number of aryl methyl sites for hydroxylation is 2. The molecule has 0 amide bonds. The molecule has 0 fully saturated rings. The third-order valence-electron chi connectivity index (χ3n) is 3.20. The minimum Gasteiger partial charge on any atom is -0.481 e. The standard InChI is InChI=1S/C15H20N2O2/c1-4-13-7-5-6-11(2)14(13)17(9-8-16)10-12(3)15(18)19/h5-7,12H,4,9-10H2,1-3H3,(H,18,19). The molecule has 0 saturated heterocycles. The van der Waals surface area contributed by atoms with Crippen molar-refractivity contribution in [2.24, 2.45) is 5.92 Å². The summed E-state index contributed by atoms with van der Waals surface area (Å²) in [5.41, 5.74) is 3.22. The summed E-state index contributed by atoms with van der Waals surface area (Å²) in [6.07, 6.45) is 0.862. The minimum absolute atomic E-state index is 0.204. The van der Waals surface area contributed by atoms with Gasteiger partial charge in [-0.25, -0.2) is 0 Å². The summed E-state index contributed by atoms with van der Waals surface area (Å²) < 4.78 is 0. The van der Waals surface area contributed by atoms with E-state index in [4.69, 9.17) is 10.4 Å². The molecule has 0 radical (unpaired) electrons. The van der Waals surface area contributed by atoms with Crippen molar-refractivity contribution in [1.82, 2.24) is 0 Å². The van der Waals surface area contributed by atoms with Crippen molar-refractivity contribution in [3.05, 3.63) is 29.3 Å². The number of benzene rings is 1. The lowest BCUT2D eigenvalue weighted by Gasteiger charge is -2.27. The van der Waals surface area contributed by atoms with Crippen LogP contribution in [-0.2, 0) is 11.2 Å². The zero-order chi connectivity index (χ0) is 14.4. The van der Waals surface area contributed by atoms with Gasteiger partial charge in [0.1, 0.15) is 6.54 Å². The highest BCUT2D eigenvalue weighted by atomic mass is 16.4. The molecule has 1 rings (SSSR count). The van der Waals surface area contributed by atoms with Gasteiger partial charge in [-0.1, -0.05) is 32.0 Å². The van der Waals surface area contributed by atoms with Crippen LogP contribution in [0.25, 0.3) is 0 Å². The van der Waals surface area contributed by atoms with Gasteiger partial charge in [0.25, 0.3) is 0 Å². The predicted octanol–water partition coefficient (Wildman–Crippen LogP) is 2.61. The second-order valence-corrected chi connectivity index (χ2v) is 4.71. The van der Waals surface area contributed by atoms with Crippen LogP contribution in [0.4, 0.5) is 5.69 Å².